The van der Waals surface area contributed by atoms with E-state index in [2.05, 4.69) is 4.72 Å². The van der Waals surface area contributed by atoms with Crippen molar-refractivity contribution in [2.45, 2.75) is 20.8 Å². The summed E-state index contributed by atoms with van der Waals surface area (Å²) in [5, 5.41) is 0. The molecule has 0 rings (SSSR count). The Morgan fingerprint density at radius 1 is 1.20 bits per heavy atom. The first-order chi connectivity index (χ1) is 4.46. The summed E-state index contributed by atoms with van der Waals surface area (Å²) in [5.74, 6) is 1.48. The Kier molecular flexibility index (Phi) is 3.04. The lowest BCUT2D eigenvalue weighted by Crippen LogP contribution is -2.50. The fourth-order valence-corrected chi connectivity index (χ4v) is 2.45. The van der Waals surface area contributed by atoms with Gasteiger partial charge in [-0.1, -0.05) is 30.0 Å². The summed E-state index contributed by atoms with van der Waals surface area (Å²) in [6.45, 7) is 6.73. The zero-order valence-corrected chi connectivity index (χ0v) is 8.25. The third kappa shape index (κ3) is 2.39. The number of rotatable bonds is 4. The van der Waals surface area contributed by atoms with E-state index in [-0.39, 0.29) is 0 Å². The molecule has 0 aliphatic rings. The highest BCUT2D eigenvalue weighted by molar-refractivity contribution is 8.17. The zero-order valence-electron chi connectivity index (χ0n) is 7.44. The monoisotopic (exact) mass is 165 g/mol. The van der Waals surface area contributed by atoms with Gasteiger partial charge in [0, 0.05) is 24.3 Å². The van der Waals surface area contributed by atoms with Crippen LogP contribution in [0.5, 0.6) is 0 Å². The molecule has 0 spiro atoms. The minimum atomic E-state index is -2.42. The maximum Gasteiger partial charge on any atom is 0.0121 e. The highest BCUT2D eigenvalue weighted by Gasteiger charge is 2.24. The molecule has 0 aromatic heterocycles. The molecule has 64 valence electrons. The third-order valence-corrected chi connectivity index (χ3v) is 6.19. The molecule has 0 bridgehead atoms. The normalized spacial score (nSPS) is 16.2. The van der Waals surface area contributed by atoms with Crippen molar-refractivity contribution >= 4 is 9.25 Å². The van der Waals surface area contributed by atoms with Crippen LogP contribution in [0, 0.1) is 0 Å². The molecule has 0 saturated heterocycles. The second kappa shape index (κ2) is 3.01. The minimum Gasteiger partial charge on any atom is -0.269 e. The maximum atomic E-state index is 12.0. The van der Waals surface area contributed by atoms with Crippen LogP contribution in [-0.2, 0) is 9.25 Å². The van der Waals surface area contributed by atoms with E-state index < -0.39 is 9.25 Å². The second-order valence-electron chi connectivity index (χ2n) is 2.84. The van der Waals surface area contributed by atoms with Gasteiger partial charge in [0.25, 0.3) is 0 Å². The molecule has 0 saturated carbocycles. The van der Waals surface area contributed by atoms with Gasteiger partial charge in [0.2, 0.25) is 0 Å². The van der Waals surface area contributed by atoms with Gasteiger partial charge in [-0.2, -0.15) is 0 Å². The lowest BCUT2D eigenvalue weighted by molar-refractivity contribution is 0.648. The van der Waals surface area contributed by atoms with Crippen molar-refractivity contribution < 1.29 is 4.21 Å². The summed E-state index contributed by atoms with van der Waals surface area (Å²) in [4.78, 5) is 0. The van der Waals surface area contributed by atoms with Gasteiger partial charge < -0.3 is 0 Å². The van der Waals surface area contributed by atoms with Crippen LogP contribution in [-0.4, -0.2) is 28.5 Å². The van der Waals surface area contributed by atoms with Gasteiger partial charge in [-0.25, -0.2) is 0 Å². The molecule has 0 aliphatic heterocycles. The molecule has 0 radical (unpaired) electrons. The van der Waals surface area contributed by atoms with Gasteiger partial charge >= 0.3 is 0 Å². The van der Waals surface area contributed by atoms with Crippen LogP contribution in [0.15, 0.2) is 0 Å². The Morgan fingerprint density at radius 2 is 1.60 bits per heavy atom. The van der Waals surface area contributed by atoms with Gasteiger partial charge in [0.05, 0.1) is 0 Å². The van der Waals surface area contributed by atoms with Crippen molar-refractivity contribution in [1.29, 1.82) is 0 Å². The predicted molar refractivity (Wildman–Crippen MR) is 48.8 cm³/mol. The second-order valence-corrected chi connectivity index (χ2v) is 7.80. The summed E-state index contributed by atoms with van der Waals surface area (Å²) < 4.78 is 15.1. The van der Waals surface area contributed by atoms with Crippen LogP contribution in [0.3, 0.4) is 0 Å². The largest absolute Gasteiger partial charge is 0.269 e. The highest BCUT2D eigenvalue weighted by atomic mass is 32.3. The van der Waals surface area contributed by atoms with E-state index in [0.717, 1.165) is 18.1 Å². The first kappa shape index (κ1) is 10.1. The molecule has 0 aliphatic carbocycles. The lowest BCUT2D eigenvalue weighted by atomic mass is 10.8. The molecule has 0 unspecified atom stereocenters. The molecule has 0 fully saturated rings. The number of nitrogens with one attached hydrogen (secondary N) is 1. The summed E-state index contributed by atoms with van der Waals surface area (Å²) >= 11 is 0. The van der Waals surface area contributed by atoms with Crippen molar-refractivity contribution in [3.8, 4) is 0 Å². The van der Waals surface area contributed by atoms with Crippen molar-refractivity contribution in [2.24, 2.45) is 0 Å². The van der Waals surface area contributed by atoms with Crippen LogP contribution < -0.4 is 4.72 Å². The number of hydrogen-bond donors (Lipinski definition) is 1. The number of hydrogen-bond acceptors (Lipinski definition) is 1. The van der Waals surface area contributed by atoms with E-state index >= 15 is 0 Å². The molecule has 2 nitrogen and oxygen atoms in total. The predicted octanol–water partition coefficient (Wildman–Crippen LogP) is 1.00. The zero-order chi connectivity index (χ0) is 8.28. The molecule has 1 N–H and O–H groups in total. The smallest absolute Gasteiger partial charge is 0.0121 e. The van der Waals surface area contributed by atoms with Crippen molar-refractivity contribution in [3.05, 3.63) is 0 Å². The molecular weight excluding hydrogens is 146 g/mol. The topological polar surface area (TPSA) is 29.1 Å². The first-order valence-electron chi connectivity index (χ1n) is 3.83. The highest BCUT2D eigenvalue weighted by Crippen LogP contribution is 2.15. The molecule has 0 aromatic rings. The quantitative estimate of drug-likeness (QED) is 0.661. The van der Waals surface area contributed by atoms with E-state index in [1.54, 1.807) is 0 Å². The van der Waals surface area contributed by atoms with Crippen LogP contribution >= 0.6 is 0 Å². The first-order valence-corrected chi connectivity index (χ1v) is 6.54. The average molecular weight is 165 g/mol. The minimum absolute atomic E-state index is 0.738. The Bertz CT molecular complexity index is 157. The Morgan fingerprint density at radius 3 is 1.70 bits per heavy atom. The van der Waals surface area contributed by atoms with Crippen LogP contribution in [0.1, 0.15) is 20.8 Å². The van der Waals surface area contributed by atoms with E-state index in [1.165, 1.54) is 0 Å². The summed E-state index contributed by atoms with van der Waals surface area (Å²) in [5.41, 5.74) is 0. The molecule has 0 atom stereocenters. The van der Waals surface area contributed by atoms with E-state index in [1.807, 2.05) is 27.0 Å². The Labute approximate surface area is 63.9 Å². The van der Waals surface area contributed by atoms with E-state index in [0.29, 0.717) is 0 Å². The maximum absolute atomic E-state index is 12.0. The van der Waals surface area contributed by atoms with Crippen LogP contribution in [0.25, 0.3) is 0 Å². The summed E-state index contributed by atoms with van der Waals surface area (Å²) in [6.07, 6.45) is 1.85. The summed E-state index contributed by atoms with van der Waals surface area (Å²) in [6, 6.07) is 0. The molecule has 0 amide bonds. The molecule has 3 heteroatoms. The molecule has 0 heterocycles. The molecule has 10 heavy (non-hydrogen) atoms. The Balaban J connectivity index is 4.36. The van der Waals surface area contributed by atoms with Crippen molar-refractivity contribution in [1.82, 2.24) is 4.72 Å². The fourth-order valence-electron chi connectivity index (χ4n) is 0.816. The third-order valence-electron chi connectivity index (χ3n) is 2.06. The fraction of sp³-hybridized carbons (Fsp3) is 1.00. The van der Waals surface area contributed by atoms with Gasteiger partial charge in [-0.05, 0) is 0 Å². The Hall–Kier alpha value is 0.110. The van der Waals surface area contributed by atoms with Gasteiger partial charge in [0.15, 0.2) is 0 Å². The van der Waals surface area contributed by atoms with E-state index in [9.17, 15) is 4.21 Å². The van der Waals surface area contributed by atoms with Crippen molar-refractivity contribution in [2.75, 3.05) is 24.3 Å². The van der Waals surface area contributed by atoms with Crippen LogP contribution in [0.4, 0.5) is 0 Å². The SMILES string of the molecule is CCNS(C)(=O)(CC)CC. The molecular formula is C7H19NOS. The van der Waals surface area contributed by atoms with Gasteiger partial charge in [0.1, 0.15) is 0 Å². The van der Waals surface area contributed by atoms with E-state index in [4.69, 9.17) is 0 Å². The lowest BCUT2D eigenvalue weighted by Gasteiger charge is -2.37. The van der Waals surface area contributed by atoms with Crippen molar-refractivity contribution in [3.63, 3.8) is 0 Å². The summed E-state index contributed by atoms with van der Waals surface area (Å²) in [7, 11) is -2.42. The van der Waals surface area contributed by atoms with Crippen LogP contribution in [0.2, 0.25) is 0 Å². The molecule has 0 aromatic carbocycles. The van der Waals surface area contributed by atoms with Gasteiger partial charge in [-0.15, -0.1) is 0 Å². The average Bonchev–Trinajstić information content (AvgIpc) is 1.90. The van der Waals surface area contributed by atoms with Gasteiger partial charge in [-0.3, -0.25) is 8.93 Å². The standard InChI is InChI=1S/C7H19NOS/c1-5-8-10(4,9,6-2)7-3/h5-7H2,1-4H3,(H,8,9).